The molecule has 3 nitrogen and oxygen atoms in total. The van der Waals surface area contributed by atoms with Crippen LogP contribution in [0.3, 0.4) is 0 Å². The highest BCUT2D eigenvalue weighted by Crippen LogP contribution is 2.36. The number of hydrogen-bond donors (Lipinski definition) is 1. The van der Waals surface area contributed by atoms with Gasteiger partial charge in [0, 0.05) is 0 Å². The first-order valence-corrected chi connectivity index (χ1v) is 6.76. The number of carbonyl (C=O) groups is 1. The Kier molecular flexibility index (Phi) is 4.12. The highest BCUT2D eigenvalue weighted by Gasteiger charge is 2.42. The number of rotatable bonds is 4. The quantitative estimate of drug-likeness (QED) is 0.847. The molecule has 0 saturated heterocycles. The van der Waals surface area contributed by atoms with Gasteiger partial charge in [-0.15, -0.1) is 0 Å². The zero-order valence-electron chi connectivity index (χ0n) is 10.5. The monoisotopic (exact) mass is 267 g/mol. The molecule has 98 valence electrons. The lowest BCUT2D eigenvalue weighted by Gasteiger charge is -2.29. The maximum absolute atomic E-state index is 12.2. The summed E-state index contributed by atoms with van der Waals surface area (Å²) >= 11 is 6.13. The Morgan fingerprint density at radius 3 is 2.67 bits per heavy atom. The molecule has 0 aromatic heterocycles. The summed E-state index contributed by atoms with van der Waals surface area (Å²) in [6.07, 6.45) is 3.68. The van der Waals surface area contributed by atoms with Crippen molar-refractivity contribution in [1.29, 1.82) is 0 Å². The van der Waals surface area contributed by atoms with Crippen molar-refractivity contribution in [2.45, 2.75) is 38.1 Å². The van der Waals surface area contributed by atoms with E-state index in [9.17, 15) is 4.79 Å². The first-order valence-electron chi connectivity index (χ1n) is 6.38. The van der Waals surface area contributed by atoms with Crippen LogP contribution >= 0.6 is 11.6 Å². The van der Waals surface area contributed by atoms with Crippen LogP contribution in [0.25, 0.3) is 0 Å². The van der Waals surface area contributed by atoms with Crippen molar-refractivity contribution in [2.75, 3.05) is 11.9 Å². The standard InChI is InChI=1S/C14H18ClNO2/c1-2-18-13(17)14(9-5-6-10-14)16-12-8-4-3-7-11(12)15/h3-4,7-8,16H,2,5-6,9-10H2,1H3. The third-order valence-corrected chi connectivity index (χ3v) is 3.70. The van der Waals surface area contributed by atoms with Gasteiger partial charge in [-0.3, -0.25) is 0 Å². The molecule has 2 rings (SSSR count). The van der Waals surface area contributed by atoms with Crippen molar-refractivity contribution >= 4 is 23.3 Å². The summed E-state index contributed by atoms with van der Waals surface area (Å²) in [6.45, 7) is 2.24. The van der Waals surface area contributed by atoms with Gasteiger partial charge in [0.1, 0.15) is 5.54 Å². The molecule has 0 bridgehead atoms. The minimum absolute atomic E-state index is 0.164. The summed E-state index contributed by atoms with van der Waals surface area (Å²) in [6, 6.07) is 7.49. The number of halogens is 1. The predicted molar refractivity (Wildman–Crippen MR) is 72.9 cm³/mol. The average molecular weight is 268 g/mol. The van der Waals surface area contributed by atoms with Crippen LogP contribution in [0.1, 0.15) is 32.6 Å². The Balaban J connectivity index is 2.21. The zero-order chi connectivity index (χ0) is 13.0. The Bertz CT molecular complexity index is 428. The molecule has 1 aliphatic carbocycles. The summed E-state index contributed by atoms with van der Waals surface area (Å²) in [5.74, 6) is -0.164. The lowest BCUT2D eigenvalue weighted by Crippen LogP contribution is -2.45. The van der Waals surface area contributed by atoms with Crippen LogP contribution in [-0.2, 0) is 9.53 Å². The van der Waals surface area contributed by atoms with Crippen LogP contribution in [0, 0.1) is 0 Å². The van der Waals surface area contributed by atoms with Crippen molar-refractivity contribution in [2.24, 2.45) is 0 Å². The molecule has 0 aliphatic heterocycles. The van der Waals surface area contributed by atoms with Gasteiger partial charge in [-0.05, 0) is 31.9 Å². The van der Waals surface area contributed by atoms with Crippen LogP contribution in [0.2, 0.25) is 5.02 Å². The largest absolute Gasteiger partial charge is 0.464 e. The van der Waals surface area contributed by atoms with Crippen LogP contribution < -0.4 is 5.32 Å². The van der Waals surface area contributed by atoms with Crippen LogP contribution in [0.15, 0.2) is 24.3 Å². The smallest absolute Gasteiger partial charge is 0.331 e. The Morgan fingerprint density at radius 1 is 1.39 bits per heavy atom. The molecule has 0 heterocycles. The average Bonchev–Trinajstić information content (AvgIpc) is 2.82. The molecular formula is C14H18ClNO2. The molecule has 4 heteroatoms. The number of benzene rings is 1. The Morgan fingerprint density at radius 2 is 2.06 bits per heavy atom. The number of ether oxygens (including phenoxy) is 1. The van der Waals surface area contributed by atoms with E-state index in [0.29, 0.717) is 11.6 Å². The third kappa shape index (κ3) is 2.61. The zero-order valence-corrected chi connectivity index (χ0v) is 11.3. The van der Waals surface area contributed by atoms with Gasteiger partial charge in [-0.25, -0.2) is 4.79 Å². The number of para-hydroxylation sites is 1. The van der Waals surface area contributed by atoms with E-state index in [1.807, 2.05) is 31.2 Å². The Hall–Kier alpha value is -1.22. The second-order valence-electron chi connectivity index (χ2n) is 4.61. The summed E-state index contributed by atoms with van der Waals surface area (Å²) in [4.78, 5) is 12.2. The van der Waals surface area contributed by atoms with E-state index in [1.165, 1.54) is 0 Å². The van der Waals surface area contributed by atoms with Crippen molar-refractivity contribution in [3.63, 3.8) is 0 Å². The van der Waals surface area contributed by atoms with Gasteiger partial charge in [0.15, 0.2) is 0 Å². The summed E-state index contributed by atoms with van der Waals surface area (Å²) < 4.78 is 5.20. The van der Waals surface area contributed by atoms with Crippen molar-refractivity contribution in [3.05, 3.63) is 29.3 Å². The third-order valence-electron chi connectivity index (χ3n) is 3.37. The molecule has 1 aromatic carbocycles. The number of carbonyl (C=O) groups excluding carboxylic acids is 1. The van der Waals surface area contributed by atoms with Gasteiger partial charge in [-0.2, -0.15) is 0 Å². The van der Waals surface area contributed by atoms with Gasteiger partial charge in [0.05, 0.1) is 17.3 Å². The van der Waals surface area contributed by atoms with Gasteiger partial charge in [0.25, 0.3) is 0 Å². The van der Waals surface area contributed by atoms with Gasteiger partial charge < -0.3 is 10.1 Å². The molecule has 0 amide bonds. The maximum atomic E-state index is 12.2. The first kappa shape index (κ1) is 13.2. The van der Waals surface area contributed by atoms with E-state index >= 15 is 0 Å². The maximum Gasteiger partial charge on any atom is 0.331 e. The van der Waals surface area contributed by atoms with E-state index < -0.39 is 5.54 Å². The fraction of sp³-hybridized carbons (Fsp3) is 0.500. The van der Waals surface area contributed by atoms with Gasteiger partial charge in [0.2, 0.25) is 0 Å². The molecule has 1 aliphatic rings. The number of esters is 1. The lowest BCUT2D eigenvalue weighted by molar-refractivity contribution is -0.148. The summed E-state index contributed by atoms with van der Waals surface area (Å²) in [7, 11) is 0. The lowest BCUT2D eigenvalue weighted by atomic mass is 9.97. The predicted octanol–water partition coefficient (Wildman–Crippen LogP) is 3.63. The van der Waals surface area contributed by atoms with Crippen molar-refractivity contribution in [3.8, 4) is 0 Å². The molecule has 1 saturated carbocycles. The highest BCUT2D eigenvalue weighted by atomic mass is 35.5. The SMILES string of the molecule is CCOC(=O)C1(Nc2ccccc2Cl)CCCC1. The molecule has 1 aromatic rings. The second-order valence-corrected chi connectivity index (χ2v) is 5.02. The molecule has 0 unspecified atom stereocenters. The number of anilines is 1. The molecule has 0 atom stereocenters. The van der Waals surface area contributed by atoms with E-state index in [1.54, 1.807) is 0 Å². The minimum Gasteiger partial charge on any atom is -0.464 e. The highest BCUT2D eigenvalue weighted by molar-refractivity contribution is 6.33. The minimum atomic E-state index is -0.596. The number of hydrogen-bond acceptors (Lipinski definition) is 3. The van der Waals surface area contributed by atoms with Crippen LogP contribution in [0.4, 0.5) is 5.69 Å². The molecule has 1 N–H and O–H groups in total. The van der Waals surface area contributed by atoms with E-state index in [0.717, 1.165) is 31.4 Å². The topological polar surface area (TPSA) is 38.3 Å². The molecule has 0 radical (unpaired) electrons. The number of nitrogens with one attached hydrogen (secondary N) is 1. The van der Waals surface area contributed by atoms with Crippen molar-refractivity contribution in [1.82, 2.24) is 0 Å². The molecule has 0 spiro atoms. The van der Waals surface area contributed by atoms with E-state index in [4.69, 9.17) is 16.3 Å². The second kappa shape index (κ2) is 5.61. The van der Waals surface area contributed by atoms with E-state index in [2.05, 4.69) is 5.32 Å². The van der Waals surface area contributed by atoms with Crippen LogP contribution in [0.5, 0.6) is 0 Å². The fourth-order valence-electron chi connectivity index (χ4n) is 2.45. The Labute approximate surface area is 112 Å². The molecular weight excluding hydrogens is 250 g/mol. The van der Waals surface area contributed by atoms with Gasteiger partial charge >= 0.3 is 5.97 Å². The first-order chi connectivity index (χ1) is 8.68. The van der Waals surface area contributed by atoms with Crippen LogP contribution in [-0.4, -0.2) is 18.1 Å². The summed E-state index contributed by atoms with van der Waals surface area (Å²) in [5.41, 5.74) is 0.204. The van der Waals surface area contributed by atoms with E-state index in [-0.39, 0.29) is 5.97 Å². The summed E-state index contributed by atoms with van der Waals surface area (Å²) in [5, 5.41) is 3.93. The molecule has 1 fully saturated rings. The molecule has 18 heavy (non-hydrogen) atoms. The van der Waals surface area contributed by atoms with Gasteiger partial charge in [-0.1, -0.05) is 36.6 Å². The fourth-order valence-corrected chi connectivity index (χ4v) is 2.63. The normalized spacial score (nSPS) is 17.4. The van der Waals surface area contributed by atoms with Crippen molar-refractivity contribution < 1.29 is 9.53 Å².